The molecule has 2 aromatic heterocycles. The molecule has 0 spiro atoms. The van der Waals surface area contributed by atoms with Gasteiger partial charge in [0.25, 0.3) is 5.56 Å². The summed E-state index contributed by atoms with van der Waals surface area (Å²) < 4.78 is 7.26. The van der Waals surface area contributed by atoms with E-state index >= 15 is 0 Å². The number of hydrogen-bond acceptors (Lipinski definition) is 8. The highest BCUT2D eigenvalue weighted by Gasteiger charge is 2.27. The van der Waals surface area contributed by atoms with Gasteiger partial charge in [-0.3, -0.25) is 19.0 Å². The first kappa shape index (κ1) is 22.7. The molecule has 2 amide bonds. The van der Waals surface area contributed by atoms with Gasteiger partial charge in [0.2, 0.25) is 11.8 Å². The third-order valence-corrected chi connectivity index (χ3v) is 7.02. The molecule has 1 atom stereocenters. The van der Waals surface area contributed by atoms with Crippen molar-refractivity contribution in [2.45, 2.75) is 51.7 Å². The first-order valence-corrected chi connectivity index (χ1v) is 12.1. The highest BCUT2D eigenvalue weighted by molar-refractivity contribution is 7.22. The number of rotatable bonds is 8. The van der Waals surface area contributed by atoms with Crippen molar-refractivity contribution in [2.24, 2.45) is 5.92 Å². The Morgan fingerprint density at radius 3 is 2.78 bits per heavy atom. The van der Waals surface area contributed by atoms with E-state index in [0.29, 0.717) is 36.5 Å². The Bertz CT molecular complexity index is 1010. The SMILES string of the molecule is CCCNC(=O)C1CCN(c2nc3ncn(CC(=O)NC[C@@H]4CCCO4)c(=O)c3s2)CC1. The zero-order valence-corrected chi connectivity index (χ0v) is 19.2. The van der Waals surface area contributed by atoms with E-state index < -0.39 is 0 Å². The van der Waals surface area contributed by atoms with Crippen LogP contribution in [0.5, 0.6) is 0 Å². The summed E-state index contributed by atoms with van der Waals surface area (Å²) in [6.45, 7) is 5.28. The summed E-state index contributed by atoms with van der Waals surface area (Å²) in [6, 6.07) is 0. The molecule has 32 heavy (non-hydrogen) atoms. The second kappa shape index (κ2) is 10.4. The summed E-state index contributed by atoms with van der Waals surface area (Å²) in [5.41, 5.74) is 0.133. The van der Waals surface area contributed by atoms with Crippen LogP contribution >= 0.6 is 11.3 Å². The molecule has 2 aliphatic rings. The number of ether oxygens (including phenoxy) is 1. The number of amides is 2. The summed E-state index contributed by atoms with van der Waals surface area (Å²) in [5, 5.41) is 6.53. The molecule has 0 radical (unpaired) electrons. The number of aromatic nitrogens is 3. The molecule has 0 aromatic carbocycles. The van der Waals surface area contributed by atoms with Crippen molar-refractivity contribution in [3.8, 4) is 0 Å². The monoisotopic (exact) mass is 462 g/mol. The number of nitrogens with zero attached hydrogens (tertiary/aromatic N) is 4. The molecule has 2 fully saturated rings. The molecular formula is C21H30N6O4S. The fourth-order valence-electron chi connectivity index (χ4n) is 4.05. The van der Waals surface area contributed by atoms with E-state index in [9.17, 15) is 14.4 Å². The summed E-state index contributed by atoms with van der Waals surface area (Å²) in [4.78, 5) is 48.3. The van der Waals surface area contributed by atoms with Gasteiger partial charge < -0.3 is 20.3 Å². The molecule has 2 aliphatic heterocycles. The number of fused-ring (bicyclic) bond motifs is 1. The Hall–Kier alpha value is -2.53. The van der Waals surface area contributed by atoms with Gasteiger partial charge in [-0.15, -0.1) is 0 Å². The minimum absolute atomic E-state index is 0.0238. The Morgan fingerprint density at radius 1 is 1.25 bits per heavy atom. The molecule has 174 valence electrons. The van der Waals surface area contributed by atoms with E-state index in [1.54, 1.807) is 0 Å². The lowest BCUT2D eigenvalue weighted by molar-refractivity contribution is -0.125. The van der Waals surface area contributed by atoms with Gasteiger partial charge in [0, 0.05) is 38.7 Å². The lowest BCUT2D eigenvalue weighted by atomic mass is 9.96. The van der Waals surface area contributed by atoms with Crippen LogP contribution in [-0.4, -0.2) is 65.2 Å². The van der Waals surface area contributed by atoms with Gasteiger partial charge in [-0.2, -0.15) is 4.98 Å². The van der Waals surface area contributed by atoms with Crippen LogP contribution in [0.3, 0.4) is 0 Å². The van der Waals surface area contributed by atoms with E-state index in [2.05, 4.69) is 25.5 Å². The zero-order valence-electron chi connectivity index (χ0n) is 18.3. The maximum absolute atomic E-state index is 12.9. The topological polar surface area (TPSA) is 118 Å². The van der Waals surface area contributed by atoms with Gasteiger partial charge in [0.05, 0.1) is 6.10 Å². The maximum atomic E-state index is 12.9. The number of thiazole rings is 1. The molecule has 4 rings (SSSR count). The number of anilines is 1. The van der Waals surface area contributed by atoms with Crippen LogP contribution in [0.2, 0.25) is 0 Å². The van der Waals surface area contributed by atoms with Crippen molar-refractivity contribution in [3.63, 3.8) is 0 Å². The van der Waals surface area contributed by atoms with Crippen LogP contribution in [-0.2, 0) is 20.9 Å². The van der Waals surface area contributed by atoms with Crippen LogP contribution in [0, 0.1) is 5.92 Å². The van der Waals surface area contributed by atoms with Gasteiger partial charge in [-0.05, 0) is 32.1 Å². The van der Waals surface area contributed by atoms with Gasteiger partial charge in [-0.25, -0.2) is 4.98 Å². The summed E-state index contributed by atoms with van der Waals surface area (Å²) in [5.74, 6) is -0.0919. The van der Waals surface area contributed by atoms with E-state index in [-0.39, 0.29) is 35.9 Å². The fraction of sp³-hybridized carbons (Fsp3) is 0.667. The number of carbonyl (C=O) groups is 2. The molecule has 2 N–H and O–H groups in total. The number of hydrogen-bond donors (Lipinski definition) is 2. The minimum Gasteiger partial charge on any atom is -0.376 e. The summed E-state index contributed by atoms with van der Waals surface area (Å²) in [7, 11) is 0. The molecule has 2 saturated heterocycles. The Balaban J connectivity index is 1.37. The van der Waals surface area contributed by atoms with Gasteiger partial charge in [0.1, 0.15) is 17.6 Å². The van der Waals surface area contributed by atoms with Crippen LogP contribution in [0.25, 0.3) is 10.3 Å². The fourth-order valence-corrected chi connectivity index (χ4v) is 5.07. The Kier molecular flexibility index (Phi) is 7.36. The van der Waals surface area contributed by atoms with Crippen LogP contribution in [0.4, 0.5) is 5.13 Å². The molecule has 0 bridgehead atoms. The summed E-state index contributed by atoms with van der Waals surface area (Å²) in [6.07, 6.45) is 5.83. The first-order chi connectivity index (χ1) is 15.5. The first-order valence-electron chi connectivity index (χ1n) is 11.3. The second-order valence-corrected chi connectivity index (χ2v) is 9.30. The van der Waals surface area contributed by atoms with Crippen molar-refractivity contribution in [2.75, 3.05) is 37.7 Å². The average molecular weight is 463 g/mol. The quantitative estimate of drug-likeness (QED) is 0.598. The second-order valence-electron chi connectivity index (χ2n) is 8.32. The standard InChI is InChI=1S/C21H30N6O4S/c1-2-7-22-19(29)14-5-8-26(9-6-14)21-25-18-17(32-21)20(30)27(13-24-18)12-16(28)23-11-15-4-3-10-31-15/h13-15H,2-12H2,1H3,(H,22,29)(H,23,28)/t15-/m0/s1. The molecule has 0 unspecified atom stereocenters. The van der Waals surface area contributed by atoms with Crippen molar-refractivity contribution in [1.29, 1.82) is 0 Å². The largest absolute Gasteiger partial charge is 0.376 e. The lowest BCUT2D eigenvalue weighted by Crippen LogP contribution is -2.40. The molecule has 10 nitrogen and oxygen atoms in total. The highest BCUT2D eigenvalue weighted by atomic mass is 32.1. The molecule has 0 aliphatic carbocycles. The Morgan fingerprint density at radius 2 is 2.06 bits per heavy atom. The summed E-state index contributed by atoms with van der Waals surface area (Å²) >= 11 is 1.30. The molecule has 4 heterocycles. The maximum Gasteiger partial charge on any atom is 0.273 e. The molecule has 2 aromatic rings. The minimum atomic E-state index is -0.264. The van der Waals surface area contributed by atoms with Crippen LogP contribution in [0.15, 0.2) is 11.1 Å². The van der Waals surface area contributed by atoms with Crippen molar-refractivity contribution < 1.29 is 14.3 Å². The molecule has 11 heteroatoms. The highest BCUT2D eigenvalue weighted by Crippen LogP contribution is 2.29. The van der Waals surface area contributed by atoms with Gasteiger partial charge in [-0.1, -0.05) is 18.3 Å². The predicted octanol–water partition coefficient (Wildman–Crippen LogP) is 0.891. The van der Waals surface area contributed by atoms with E-state index in [4.69, 9.17) is 4.74 Å². The number of carbonyl (C=O) groups excluding carboxylic acids is 2. The zero-order chi connectivity index (χ0) is 22.5. The van der Waals surface area contributed by atoms with Crippen molar-refractivity contribution >= 4 is 38.6 Å². The third-order valence-electron chi connectivity index (χ3n) is 5.92. The number of nitrogens with one attached hydrogen (secondary N) is 2. The van der Waals surface area contributed by atoms with Crippen molar-refractivity contribution in [1.82, 2.24) is 25.2 Å². The van der Waals surface area contributed by atoms with E-state index in [1.165, 1.54) is 22.2 Å². The molecule has 0 saturated carbocycles. The smallest absolute Gasteiger partial charge is 0.273 e. The van der Waals surface area contributed by atoms with E-state index in [0.717, 1.165) is 43.8 Å². The van der Waals surface area contributed by atoms with Gasteiger partial charge >= 0.3 is 0 Å². The van der Waals surface area contributed by atoms with Crippen LogP contribution in [0.1, 0.15) is 39.0 Å². The van der Waals surface area contributed by atoms with Crippen LogP contribution < -0.4 is 21.1 Å². The van der Waals surface area contributed by atoms with Crippen molar-refractivity contribution in [3.05, 3.63) is 16.7 Å². The lowest BCUT2D eigenvalue weighted by Gasteiger charge is -2.30. The number of piperidine rings is 1. The average Bonchev–Trinajstić information content (AvgIpc) is 3.48. The predicted molar refractivity (Wildman–Crippen MR) is 122 cm³/mol. The molecular weight excluding hydrogens is 432 g/mol. The van der Waals surface area contributed by atoms with E-state index in [1.807, 2.05) is 6.92 Å². The Labute approximate surface area is 190 Å². The third kappa shape index (κ3) is 5.26. The normalized spacial score (nSPS) is 19.4. The van der Waals surface area contributed by atoms with Gasteiger partial charge in [0.15, 0.2) is 10.8 Å².